The number of nitrogens with one attached hydrogen (secondary N) is 3. The smallest absolute Gasteiger partial charge is 0.276 e. The molecule has 0 atom stereocenters. The second-order valence-corrected chi connectivity index (χ2v) is 9.89. The summed E-state index contributed by atoms with van der Waals surface area (Å²) in [6.07, 6.45) is 4.32. The Kier molecular flexibility index (Phi) is 6.56. The molecule has 2 heterocycles. The zero-order chi connectivity index (χ0) is 23.6. The van der Waals surface area contributed by atoms with Gasteiger partial charge in [0.25, 0.3) is 5.91 Å². The first kappa shape index (κ1) is 23.0. The Labute approximate surface area is 198 Å². The van der Waals surface area contributed by atoms with Crippen molar-refractivity contribution in [2.45, 2.75) is 57.9 Å². The maximum absolute atomic E-state index is 13.1. The topological polar surface area (TPSA) is 100.0 Å². The summed E-state index contributed by atoms with van der Waals surface area (Å²) in [4.78, 5) is 17.9. The molecule has 1 aliphatic rings. The Hall–Kier alpha value is -3.13. The molecule has 1 amide bonds. The minimum absolute atomic E-state index is 0.150. The monoisotopic (exact) mass is 467 g/mol. The van der Waals surface area contributed by atoms with Crippen molar-refractivity contribution in [3.63, 3.8) is 0 Å². The van der Waals surface area contributed by atoms with Crippen LogP contribution in [0.4, 0.5) is 5.82 Å². The second kappa shape index (κ2) is 9.39. The van der Waals surface area contributed by atoms with E-state index in [-0.39, 0.29) is 17.4 Å². The summed E-state index contributed by atoms with van der Waals surface area (Å²) in [5.41, 5.74) is 2.98. The van der Waals surface area contributed by atoms with E-state index in [9.17, 15) is 4.79 Å². The number of rotatable bonds is 4. The molecule has 0 aliphatic heterocycles. The third kappa shape index (κ3) is 5.63. The molecule has 3 aromatic rings. The summed E-state index contributed by atoms with van der Waals surface area (Å²) >= 11 is 5.99. The first-order valence-electron chi connectivity index (χ1n) is 11.2. The third-order valence-corrected chi connectivity index (χ3v) is 5.98. The first-order chi connectivity index (χ1) is 15.7. The van der Waals surface area contributed by atoms with Crippen molar-refractivity contribution in [1.29, 1.82) is 0 Å². The molecule has 33 heavy (non-hydrogen) atoms. The van der Waals surface area contributed by atoms with Crippen molar-refractivity contribution in [2.75, 3.05) is 5.32 Å². The van der Waals surface area contributed by atoms with Crippen LogP contribution in [0.1, 0.15) is 62.6 Å². The molecule has 4 rings (SSSR count). The molecule has 0 spiro atoms. The summed E-state index contributed by atoms with van der Waals surface area (Å²) in [5.74, 6) is 0.690. The number of H-pyrrole nitrogens is 1. The van der Waals surface area contributed by atoms with Crippen LogP contribution in [0.3, 0.4) is 0 Å². The fraction of sp³-hybridized carbons (Fsp3) is 0.417. The van der Waals surface area contributed by atoms with Crippen molar-refractivity contribution in [1.82, 2.24) is 25.3 Å². The van der Waals surface area contributed by atoms with Crippen LogP contribution in [0.5, 0.6) is 0 Å². The summed E-state index contributed by atoms with van der Waals surface area (Å²) < 4.78 is 1.61. The van der Waals surface area contributed by atoms with Gasteiger partial charge in [0.05, 0.1) is 17.4 Å². The highest BCUT2D eigenvalue weighted by molar-refractivity contribution is 6.30. The normalized spacial score (nSPS) is 15.1. The number of nitrogens with zero attached hydrogens (tertiary/aromatic N) is 4. The standard InChI is InChI=1S/C24H30ClN7O/c1-24(2,3)20-14-19(32(4)31-20)22(33)28-23(26-17-7-5-6-8-17)27-21-13-18(29-30-21)15-9-11-16(25)12-10-15/h9-14,17H,5-8H2,1-4H3,(H3,26,27,28,29,30,33). The van der Waals surface area contributed by atoms with Crippen LogP contribution in [0.15, 0.2) is 41.4 Å². The lowest BCUT2D eigenvalue weighted by molar-refractivity contribution is 0.0967. The first-order valence-corrected chi connectivity index (χ1v) is 11.6. The molecule has 0 radical (unpaired) electrons. The van der Waals surface area contributed by atoms with Crippen LogP contribution in [0.2, 0.25) is 5.02 Å². The Balaban J connectivity index is 1.54. The van der Waals surface area contributed by atoms with Gasteiger partial charge in [0.1, 0.15) is 5.69 Å². The van der Waals surface area contributed by atoms with E-state index in [0.717, 1.165) is 42.6 Å². The number of hydrogen-bond acceptors (Lipinski definition) is 4. The molecule has 2 aromatic heterocycles. The lowest BCUT2D eigenvalue weighted by Crippen LogP contribution is -2.38. The number of carbonyl (C=O) groups is 1. The van der Waals surface area contributed by atoms with Gasteiger partial charge in [-0.1, -0.05) is 57.3 Å². The fourth-order valence-electron chi connectivity index (χ4n) is 3.81. The molecule has 1 fully saturated rings. The molecular formula is C24H30ClN7O. The largest absolute Gasteiger partial charge is 0.309 e. The number of benzene rings is 1. The van der Waals surface area contributed by atoms with E-state index >= 15 is 0 Å². The fourth-order valence-corrected chi connectivity index (χ4v) is 3.94. The van der Waals surface area contributed by atoms with Gasteiger partial charge < -0.3 is 5.32 Å². The summed E-state index contributed by atoms with van der Waals surface area (Å²) in [6.45, 7) is 6.21. The van der Waals surface area contributed by atoms with E-state index in [2.05, 4.69) is 46.7 Å². The molecule has 0 bridgehead atoms. The van der Waals surface area contributed by atoms with E-state index in [1.54, 1.807) is 11.7 Å². The van der Waals surface area contributed by atoms with Crippen molar-refractivity contribution in [3.8, 4) is 11.3 Å². The van der Waals surface area contributed by atoms with Gasteiger partial charge in [0.2, 0.25) is 5.96 Å². The molecule has 1 aliphatic carbocycles. The Morgan fingerprint density at radius 2 is 1.88 bits per heavy atom. The van der Waals surface area contributed by atoms with E-state index in [1.165, 1.54) is 0 Å². The van der Waals surface area contributed by atoms with Crippen LogP contribution in [-0.4, -0.2) is 37.9 Å². The molecule has 9 heteroatoms. The minimum atomic E-state index is -0.266. The van der Waals surface area contributed by atoms with Crippen molar-refractivity contribution in [3.05, 3.63) is 52.8 Å². The highest BCUT2D eigenvalue weighted by Gasteiger charge is 2.23. The number of guanidine groups is 1. The van der Waals surface area contributed by atoms with Crippen LogP contribution >= 0.6 is 11.6 Å². The highest BCUT2D eigenvalue weighted by Crippen LogP contribution is 2.24. The summed E-state index contributed by atoms with van der Waals surface area (Å²) in [6, 6.07) is 11.4. The molecule has 1 saturated carbocycles. The number of hydrogen-bond donors (Lipinski definition) is 3. The van der Waals surface area contributed by atoms with Gasteiger partial charge in [-0.05, 0) is 36.6 Å². The number of carbonyl (C=O) groups excluding carboxylic acids is 1. The van der Waals surface area contributed by atoms with Gasteiger partial charge >= 0.3 is 0 Å². The van der Waals surface area contributed by atoms with Gasteiger partial charge in [-0.15, -0.1) is 0 Å². The predicted octanol–water partition coefficient (Wildman–Crippen LogP) is 4.90. The Bertz CT molecular complexity index is 1150. The predicted molar refractivity (Wildman–Crippen MR) is 132 cm³/mol. The zero-order valence-electron chi connectivity index (χ0n) is 19.4. The van der Waals surface area contributed by atoms with Crippen molar-refractivity contribution in [2.24, 2.45) is 12.0 Å². The van der Waals surface area contributed by atoms with Gasteiger partial charge in [-0.2, -0.15) is 10.2 Å². The Morgan fingerprint density at radius 3 is 2.52 bits per heavy atom. The van der Waals surface area contributed by atoms with E-state index in [1.807, 2.05) is 36.4 Å². The van der Waals surface area contributed by atoms with E-state index in [0.29, 0.717) is 22.5 Å². The Morgan fingerprint density at radius 1 is 1.18 bits per heavy atom. The maximum Gasteiger partial charge on any atom is 0.276 e. The molecule has 1 aromatic carbocycles. The maximum atomic E-state index is 13.1. The number of halogens is 1. The van der Waals surface area contributed by atoms with Crippen molar-refractivity contribution < 1.29 is 4.79 Å². The average Bonchev–Trinajstić information content (AvgIpc) is 3.49. The van der Waals surface area contributed by atoms with Gasteiger partial charge in [0.15, 0.2) is 5.82 Å². The van der Waals surface area contributed by atoms with Crippen LogP contribution < -0.4 is 10.6 Å². The SMILES string of the molecule is Cn1nc(C(C)(C)C)cc1C(=O)NC(=NC1CCCC1)Nc1cc(-c2ccc(Cl)cc2)[nH]n1. The van der Waals surface area contributed by atoms with Crippen molar-refractivity contribution >= 4 is 29.3 Å². The number of aliphatic imine (C=N–C) groups is 1. The number of aromatic amines is 1. The van der Waals surface area contributed by atoms with Crippen LogP contribution in [0, 0.1) is 0 Å². The summed E-state index contributed by atoms with van der Waals surface area (Å²) in [7, 11) is 1.78. The molecule has 3 N–H and O–H groups in total. The lowest BCUT2D eigenvalue weighted by Gasteiger charge is -2.13. The average molecular weight is 468 g/mol. The van der Waals surface area contributed by atoms with Gasteiger partial charge in [-0.25, -0.2) is 4.99 Å². The third-order valence-electron chi connectivity index (χ3n) is 5.73. The van der Waals surface area contributed by atoms with E-state index in [4.69, 9.17) is 16.6 Å². The summed E-state index contributed by atoms with van der Waals surface area (Å²) in [5, 5.41) is 18.7. The molecular weight excluding hydrogens is 438 g/mol. The zero-order valence-corrected chi connectivity index (χ0v) is 20.2. The number of amides is 1. The molecule has 0 unspecified atom stereocenters. The quantitative estimate of drug-likeness (QED) is 0.375. The number of aryl methyl sites for hydroxylation is 1. The van der Waals surface area contributed by atoms with Crippen LogP contribution in [0.25, 0.3) is 11.3 Å². The van der Waals surface area contributed by atoms with Gasteiger partial charge in [0, 0.05) is 23.6 Å². The number of aromatic nitrogens is 4. The molecule has 0 saturated heterocycles. The van der Waals surface area contributed by atoms with Gasteiger partial charge in [-0.3, -0.25) is 19.9 Å². The molecule has 8 nitrogen and oxygen atoms in total. The second-order valence-electron chi connectivity index (χ2n) is 9.46. The van der Waals surface area contributed by atoms with E-state index < -0.39 is 0 Å². The molecule has 174 valence electrons. The van der Waals surface area contributed by atoms with Crippen LogP contribution in [-0.2, 0) is 12.5 Å². The highest BCUT2D eigenvalue weighted by atomic mass is 35.5. The minimum Gasteiger partial charge on any atom is -0.309 e. The lowest BCUT2D eigenvalue weighted by atomic mass is 9.92. The number of anilines is 1.